The van der Waals surface area contributed by atoms with Gasteiger partial charge in [0.1, 0.15) is 5.82 Å². The minimum absolute atomic E-state index is 0.0467. The Labute approximate surface area is 89.5 Å². The Hall–Kier alpha value is -1.57. The van der Waals surface area contributed by atoms with E-state index in [0.717, 1.165) is 0 Å². The summed E-state index contributed by atoms with van der Waals surface area (Å²) in [6, 6.07) is 0. The number of hydrogen-bond donors (Lipinski definition) is 3. The second-order valence-corrected chi connectivity index (χ2v) is 3.20. The van der Waals surface area contributed by atoms with Crippen LogP contribution < -0.4 is 11.1 Å². The highest BCUT2D eigenvalue weighted by Gasteiger charge is 2.37. The highest BCUT2D eigenvalue weighted by molar-refractivity contribution is 5.45. The highest BCUT2D eigenvalue weighted by atomic mass is 19.4. The number of nitrogen functional groups attached to an aromatic ring is 1. The maximum absolute atomic E-state index is 12.0. The molecule has 0 radical (unpaired) electrons. The number of aromatic nitrogens is 2. The number of halogens is 3. The minimum atomic E-state index is -4.65. The molecule has 1 heterocycles. The Balaban J connectivity index is 2.64. The minimum Gasteiger partial charge on any atom is -0.382 e. The lowest BCUT2D eigenvalue weighted by Crippen LogP contribution is -2.35. The number of nitrogens with one attached hydrogen (secondary N) is 1. The molecule has 16 heavy (non-hydrogen) atoms. The van der Waals surface area contributed by atoms with E-state index in [-0.39, 0.29) is 11.8 Å². The molecule has 0 aliphatic carbocycles. The summed E-state index contributed by atoms with van der Waals surface area (Å²) in [7, 11) is 0. The maximum Gasteiger partial charge on any atom is 0.416 e. The molecular formula is C8H11F3N4O. The van der Waals surface area contributed by atoms with E-state index < -0.39 is 18.8 Å². The zero-order valence-corrected chi connectivity index (χ0v) is 8.41. The van der Waals surface area contributed by atoms with Crippen LogP contribution in [0.25, 0.3) is 0 Å². The smallest absolute Gasteiger partial charge is 0.382 e. The summed E-state index contributed by atoms with van der Waals surface area (Å²) in [5, 5.41) is 11.1. The Kier molecular flexibility index (Phi) is 3.53. The average molecular weight is 236 g/mol. The molecular weight excluding hydrogens is 225 g/mol. The molecule has 0 aliphatic heterocycles. The lowest BCUT2D eigenvalue weighted by atomic mass is 10.3. The number of anilines is 2. The van der Waals surface area contributed by atoms with Crippen LogP contribution in [0.5, 0.6) is 0 Å². The Morgan fingerprint density at radius 3 is 2.75 bits per heavy atom. The number of aliphatic hydroxyl groups excluding tert-OH is 1. The third kappa shape index (κ3) is 3.23. The summed E-state index contributed by atoms with van der Waals surface area (Å²) in [4.78, 5) is 7.36. The van der Waals surface area contributed by atoms with Gasteiger partial charge in [-0.05, 0) is 6.92 Å². The molecule has 0 aromatic carbocycles. The first-order valence-electron chi connectivity index (χ1n) is 4.38. The molecule has 0 aliphatic rings. The second-order valence-electron chi connectivity index (χ2n) is 3.20. The first kappa shape index (κ1) is 12.5. The SMILES string of the molecule is Cc1cnc(N)nc1NCC(O)C(F)(F)F. The normalized spacial score (nSPS) is 13.6. The van der Waals surface area contributed by atoms with Crippen LogP contribution in [0.1, 0.15) is 5.56 Å². The first-order valence-corrected chi connectivity index (χ1v) is 4.38. The number of nitrogens with zero attached hydrogens (tertiary/aromatic N) is 2. The number of aryl methyl sites for hydroxylation is 1. The fourth-order valence-electron chi connectivity index (χ4n) is 0.944. The molecule has 8 heteroatoms. The van der Waals surface area contributed by atoms with Crippen molar-refractivity contribution in [2.45, 2.75) is 19.2 Å². The molecule has 90 valence electrons. The molecule has 1 rings (SSSR count). The van der Waals surface area contributed by atoms with E-state index in [1.54, 1.807) is 6.92 Å². The average Bonchev–Trinajstić information content (AvgIpc) is 2.17. The number of aliphatic hydroxyl groups is 1. The lowest BCUT2D eigenvalue weighted by molar-refractivity contribution is -0.198. The van der Waals surface area contributed by atoms with Crippen LogP contribution in [0, 0.1) is 6.92 Å². The molecule has 0 saturated heterocycles. The molecule has 1 unspecified atom stereocenters. The lowest BCUT2D eigenvalue weighted by Gasteiger charge is -2.16. The van der Waals surface area contributed by atoms with Crippen LogP contribution in [0.2, 0.25) is 0 Å². The van der Waals surface area contributed by atoms with Gasteiger partial charge in [0.2, 0.25) is 5.95 Å². The van der Waals surface area contributed by atoms with Crippen molar-refractivity contribution in [2.24, 2.45) is 0 Å². The van der Waals surface area contributed by atoms with E-state index >= 15 is 0 Å². The maximum atomic E-state index is 12.0. The zero-order valence-electron chi connectivity index (χ0n) is 8.41. The topological polar surface area (TPSA) is 84.1 Å². The summed E-state index contributed by atoms with van der Waals surface area (Å²) in [6.45, 7) is 0.933. The van der Waals surface area contributed by atoms with Crippen molar-refractivity contribution in [1.29, 1.82) is 0 Å². The molecule has 0 amide bonds. The van der Waals surface area contributed by atoms with E-state index in [2.05, 4.69) is 15.3 Å². The summed E-state index contributed by atoms with van der Waals surface area (Å²) in [6.07, 6.45) is -5.72. The van der Waals surface area contributed by atoms with Gasteiger partial charge in [-0.25, -0.2) is 4.98 Å². The van der Waals surface area contributed by atoms with Crippen LogP contribution >= 0.6 is 0 Å². The molecule has 0 bridgehead atoms. The summed E-state index contributed by atoms with van der Waals surface area (Å²) >= 11 is 0. The van der Waals surface area contributed by atoms with Gasteiger partial charge < -0.3 is 16.2 Å². The van der Waals surface area contributed by atoms with Crippen LogP contribution in [-0.4, -0.2) is 33.9 Å². The molecule has 5 nitrogen and oxygen atoms in total. The molecule has 1 atom stereocenters. The van der Waals surface area contributed by atoms with Gasteiger partial charge >= 0.3 is 6.18 Å². The van der Waals surface area contributed by atoms with Gasteiger partial charge in [0.25, 0.3) is 0 Å². The van der Waals surface area contributed by atoms with Crippen molar-refractivity contribution in [1.82, 2.24) is 9.97 Å². The van der Waals surface area contributed by atoms with Crippen molar-refractivity contribution < 1.29 is 18.3 Å². The van der Waals surface area contributed by atoms with Crippen LogP contribution in [0.4, 0.5) is 24.9 Å². The van der Waals surface area contributed by atoms with Gasteiger partial charge in [-0.2, -0.15) is 18.2 Å². The van der Waals surface area contributed by atoms with Crippen molar-refractivity contribution >= 4 is 11.8 Å². The monoisotopic (exact) mass is 236 g/mol. The number of rotatable bonds is 3. The molecule has 0 fully saturated rings. The molecule has 0 saturated carbocycles. The van der Waals surface area contributed by atoms with Gasteiger partial charge in [0.15, 0.2) is 6.10 Å². The fourth-order valence-corrected chi connectivity index (χ4v) is 0.944. The van der Waals surface area contributed by atoms with E-state index in [4.69, 9.17) is 10.8 Å². The van der Waals surface area contributed by atoms with E-state index in [9.17, 15) is 13.2 Å². The van der Waals surface area contributed by atoms with Gasteiger partial charge in [-0.1, -0.05) is 0 Å². The first-order chi connectivity index (χ1) is 7.30. The third-order valence-electron chi connectivity index (χ3n) is 1.83. The largest absolute Gasteiger partial charge is 0.416 e. The van der Waals surface area contributed by atoms with Crippen molar-refractivity contribution in [3.05, 3.63) is 11.8 Å². The standard InChI is InChI=1S/C8H11F3N4O/c1-4-2-14-7(12)15-6(4)13-3-5(16)8(9,10)11/h2,5,16H,3H2,1H3,(H3,12,13,14,15). The van der Waals surface area contributed by atoms with Crippen LogP contribution in [0.15, 0.2) is 6.20 Å². The molecule has 0 spiro atoms. The predicted molar refractivity (Wildman–Crippen MR) is 51.7 cm³/mol. The van der Waals surface area contributed by atoms with Gasteiger partial charge in [0, 0.05) is 11.8 Å². The summed E-state index contributed by atoms with van der Waals surface area (Å²) < 4.78 is 36.0. The zero-order chi connectivity index (χ0) is 12.3. The van der Waals surface area contributed by atoms with Gasteiger partial charge in [-0.3, -0.25) is 0 Å². The molecule has 1 aromatic heterocycles. The van der Waals surface area contributed by atoms with Gasteiger partial charge in [-0.15, -0.1) is 0 Å². The van der Waals surface area contributed by atoms with Gasteiger partial charge in [0.05, 0.1) is 6.54 Å². The quantitative estimate of drug-likeness (QED) is 0.719. The molecule has 1 aromatic rings. The fraction of sp³-hybridized carbons (Fsp3) is 0.500. The van der Waals surface area contributed by atoms with Crippen LogP contribution in [0.3, 0.4) is 0 Å². The van der Waals surface area contributed by atoms with Crippen molar-refractivity contribution in [2.75, 3.05) is 17.6 Å². The summed E-state index contributed by atoms with van der Waals surface area (Å²) in [5.74, 6) is 0.130. The number of hydrogen-bond acceptors (Lipinski definition) is 5. The Morgan fingerprint density at radius 2 is 2.19 bits per heavy atom. The number of alkyl halides is 3. The second kappa shape index (κ2) is 4.52. The van der Waals surface area contributed by atoms with Crippen LogP contribution in [-0.2, 0) is 0 Å². The van der Waals surface area contributed by atoms with E-state index in [1.807, 2.05) is 0 Å². The third-order valence-corrected chi connectivity index (χ3v) is 1.83. The summed E-state index contributed by atoms with van der Waals surface area (Å²) in [5.41, 5.74) is 5.82. The number of nitrogens with two attached hydrogens (primary N) is 1. The molecule has 4 N–H and O–H groups in total. The van der Waals surface area contributed by atoms with Crippen molar-refractivity contribution in [3.8, 4) is 0 Å². The van der Waals surface area contributed by atoms with E-state index in [0.29, 0.717) is 5.56 Å². The predicted octanol–water partition coefficient (Wildman–Crippen LogP) is 0.702. The highest BCUT2D eigenvalue weighted by Crippen LogP contribution is 2.20. The van der Waals surface area contributed by atoms with E-state index in [1.165, 1.54) is 6.20 Å². The van der Waals surface area contributed by atoms with Crippen molar-refractivity contribution in [3.63, 3.8) is 0 Å². The Bertz CT molecular complexity index is 369. The Morgan fingerprint density at radius 1 is 1.56 bits per heavy atom.